The molecule has 2 aliphatic heterocycles. The maximum atomic E-state index is 12.7. The molecular weight excluding hydrogens is 408 g/mol. The number of benzene rings is 2. The number of likely N-dealkylation sites (tertiary alicyclic amines) is 1. The van der Waals surface area contributed by atoms with E-state index in [1.165, 1.54) is 0 Å². The summed E-state index contributed by atoms with van der Waals surface area (Å²) in [5.41, 5.74) is 1.81. The third-order valence-corrected chi connectivity index (χ3v) is 6.27. The van der Waals surface area contributed by atoms with Gasteiger partial charge in [0.15, 0.2) is 18.1 Å². The highest BCUT2D eigenvalue weighted by molar-refractivity contribution is 5.93. The number of ether oxygens (including phenoxy) is 3. The van der Waals surface area contributed by atoms with E-state index in [0.29, 0.717) is 49.0 Å². The lowest BCUT2D eigenvalue weighted by Gasteiger charge is -2.31. The fourth-order valence-corrected chi connectivity index (χ4v) is 4.08. The summed E-state index contributed by atoms with van der Waals surface area (Å²) in [5, 5.41) is 2.95. The summed E-state index contributed by atoms with van der Waals surface area (Å²) >= 11 is 0. The molecule has 4 rings (SSSR count). The molecule has 1 fully saturated rings. The maximum absolute atomic E-state index is 12.7. The second-order valence-corrected chi connectivity index (χ2v) is 8.35. The molecule has 1 N–H and O–H groups in total. The Morgan fingerprint density at radius 1 is 1.12 bits per heavy atom. The van der Waals surface area contributed by atoms with Crippen molar-refractivity contribution in [3.63, 3.8) is 0 Å². The molecule has 2 aliphatic rings. The highest BCUT2D eigenvalue weighted by atomic mass is 16.7. The van der Waals surface area contributed by atoms with Gasteiger partial charge in [0.05, 0.1) is 0 Å². The highest BCUT2D eigenvalue weighted by Gasteiger charge is 2.28. The second kappa shape index (κ2) is 9.94. The molecule has 2 aromatic carbocycles. The van der Waals surface area contributed by atoms with Gasteiger partial charge in [0.25, 0.3) is 5.91 Å². The van der Waals surface area contributed by atoms with Crippen LogP contribution in [0.2, 0.25) is 0 Å². The van der Waals surface area contributed by atoms with Crippen molar-refractivity contribution >= 4 is 17.5 Å². The van der Waals surface area contributed by atoms with Crippen molar-refractivity contribution in [2.24, 2.45) is 5.92 Å². The maximum Gasteiger partial charge on any atom is 0.260 e. The molecular formula is C25H30N2O5. The van der Waals surface area contributed by atoms with Crippen LogP contribution in [-0.4, -0.2) is 43.2 Å². The van der Waals surface area contributed by atoms with Crippen LogP contribution in [0.4, 0.5) is 5.69 Å². The average molecular weight is 439 g/mol. The van der Waals surface area contributed by atoms with Gasteiger partial charge in [0, 0.05) is 30.8 Å². The zero-order chi connectivity index (χ0) is 22.5. The minimum absolute atomic E-state index is 0.0154. The van der Waals surface area contributed by atoms with Gasteiger partial charge in [0.1, 0.15) is 5.75 Å². The number of anilines is 1. The first-order valence-electron chi connectivity index (χ1n) is 11.2. The first-order chi connectivity index (χ1) is 15.5. The van der Waals surface area contributed by atoms with Crippen LogP contribution in [0.25, 0.3) is 0 Å². The third-order valence-electron chi connectivity index (χ3n) is 6.27. The van der Waals surface area contributed by atoms with Crippen LogP contribution in [0.5, 0.6) is 17.2 Å². The number of carbonyl (C=O) groups is 2. The van der Waals surface area contributed by atoms with Gasteiger partial charge in [-0.2, -0.15) is 0 Å². The number of amides is 2. The van der Waals surface area contributed by atoms with Crippen LogP contribution in [0.15, 0.2) is 42.5 Å². The van der Waals surface area contributed by atoms with Gasteiger partial charge in [-0.15, -0.1) is 0 Å². The molecule has 170 valence electrons. The van der Waals surface area contributed by atoms with Crippen molar-refractivity contribution in [1.82, 2.24) is 4.90 Å². The van der Waals surface area contributed by atoms with E-state index < -0.39 is 0 Å². The summed E-state index contributed by atoms with van der Waals surface area (Å²) in [6, 6.07) is 13.3. The van der Waals surface area contributed by atoms with Gasteiger partial charge in [-0.05, 0) is 48.9 Å². The third kappa shape index (κ3) is 4.98. The molecule has 2 aromatic rings. The Morgan fingerprint density at radius 2 is 1.88 bits per heavy atom. The monoisotopic (exact) mass is 438 g/mol. The molecule has 1 unspecified atom stereocenters. The Balaban J connectivity index is 1.25. The molecule has 2 heterocycles. The van der Waals surface area contributed by atoms with E-state index in [2.05, 4.69) is 25.2 Å². The molecule has 2 amide bonds. The average Bonchev–Trinajstić information content (AvgIpc) is 3.30. The van der Waals surface area contributed by atoms with Crippen molar-refractivity contribution in [2.45, 2.75) is 39.0 Å². The van der Waals surface area contributed by atoms with Gasteiger partial charge in [-0.3, -0.25) is 9.59 Å². The lowest BCUT2D eigenvalue weighted by Crippen LogP contribution is -2.43. The Hall–Kier alpha value is -3.22. The van der Waals surface area contributed by atoms with Crippen molar-refractivity contribution in [1.29, 1.82) is 0 Å². The molecule has 0 aliphatic carbocycles. The minimum Gasteiger partial charge on any atom is -0.483 e. The lowest BCUT2D eigenvalue weighted by atomic mass is 9.95. The highest BCUT2D eigenvalue weighted by Crippen LogP contribution is 2.34. The molecule has 0 spiro atoms. The molecule has 7 heteroatoms. The van der Waals surface area contributed by atoms with Crippen molar-refractivity contribution in [3.05, 3.63) is 48.0 Å². The van der Waals surface area contributed by atoms with Crippen LogP contribution < -0.4 is 19.5 Å². The molecule has 32 heavy (non-hydrogen) atoms. The first-order valence-corrected chi connectivity index (χ1v) is 11.2. The normalized spacial score (nSPS) is 16.5. The number of hydrogen-bond acceptors (Lipinski definition) is 5. The zero-order valence-electron chi connectivity index (χ0n) is 18.6. The summed E-state index contributed by atoms with van der Waals surface area (Å²) < 4.78 is 16.5. The van der Waals surface area contributed by atoms with E-state index >= 15 is 0 Å². The summed E-state index contributed by atoms with van der Waals surface area (Å²) in [6.45, 7) is 5.61. The van der Waals surface area contributed by atoms with Gasteiger partial charge in [0.2, 0.25) is 12.7 Å². The predicted molar refractivity (Wildman–Crippen MR) is 121 cm³/mol. The first kappa shape index (κ1) is 22.0. The minimum atomic E-state index is -0.128. The van der Waals surface area contributed by atoms with Crippen molar-refractivity contribution in [2.75, 3.05) is 31.8 Å². The smallest absolute Gasteiger partial charge is 0.260 e. The number of para-hydroxylation sites is 1. The molecule has 0 aromatic heterocycles. The summed E-state index contributed by atoms with van der Waals surface area (Å²) in [5.74, 6) is 2.26. The van der Waals surface area contributed by atoms with Crippen molar-refractivity contribution < 1.29 is 23.8 Å². The second-order valence-electron chi connectivity index (χ2n) is 8.35. The van der Waals surface area contributed by atoms with Crippen LogP contribution in [0.3, 0.4) is 0 Å². The van der Waals surface area contributed by atoms with Crippen LogP contribution in [0.1, 0.15) is 44.6 Å². The Bertz CT molecular complexity index is 969. The SMILES string of the molecule is CCC(C)c1ccccc1OCC(=O)N1CCC(C(=O)Nc2ccc3c(c2)OCO3)CC1. The quantitative estimate of drug-likeness (QED) is 0.702. The Labute approximate surface area is 188 Å². The van der Waals surface area contributed by atoms with Crippen LogP contribution in [0, 0.1) is 5.92 Å². The standard InChI is InChI=1S/C25H30N2O5/c1-3-17(2)20-6-4-5-7-21(20)30-15-24(28)27-12-10-18(11-13-27)25(29)26-19-8-9-22-23(14-19)32-16-31-22/h4-9,14,17-18H,3,10-13,15-16H2,1-2H3,(H,26,29). The predicted octanol–water partition coefficient (Wildman–Crippen LogP) is 4.18. The summed E-state index contributed by atoms with van der Waals surface area (Å²) in [4.78, 5) is 27.1. The Morgan fingerprint density at radius 3 is 2.66 bits per heavy atom. The topological polar surface area (TPSA) is 77.1 Å². The Kier molecular flexibility index (Phi) is 6.83. The van der Waals surface area contributed by atoms with Gasteiger partial charge in [-0.25, -0.2) is 0 Å². The molecule has 0 radical (unpaired) electrons. The van der Waals surface area contributed by atoms with Gasteiger partial charge < -0.3 is 24.4 Å². The number of hydrogen-bond donors (Lipinski definition) is 1. The van der Waals surface area contributed by atoms with E-state index in [1.54, 1.807) is 23.1 Å². The summed E-state index contributed by atoms with van der Waals surface area (Å²) in [6.07, 6.45) is 2.27. The van der Waals surface area contributed by atoms with E-state index in [1.807, 2.05) is 18.2 Å². The number of nitrogens with one attached hydrogen (secondary N) is 1. The molecule has 7 nitrogen and oxygen atoms in total. The number of piperidine rings is 1. The fourth-order valence-electron chi connectivity index (χ4n) is 4.08. The zero-order valence-corrected chi connectivity index (χ0v) is 18.6. The van der Waals surface area contributed by atoms with Crippen molar-refractivity contribution in [3.8, 4) is 17.2 Å². The molecule has 0 saturated carbocycles. The van der Waals surface area contributed by atoms with E-state index in [4.69, 9.17) is 14.2 Å². The molecule has 1 saturated heterocycles. The molecule has 0 bridgehead atoms. The summed E-state index contributed by atoms with van der Waals surface area (Å²) in [7, 11) is 0. The van der Waals surface area contributed by atoms with Gasteiger partial charge >= 0.3 is 0 Å². The van der Waals surface area contributed by atoms with Gasteiger partial charge in [-0.1, -0.05) is 32.0 Å². The number of fused-ring (bicyclic) bond motifs is 1. The fraction of sp³-hybridized carbons (Fsp3) is 0.440. The number of carbonyl (C=O) groups excluding carboxylic acids is 2. The van der Waals surface area contributed by atoms with E-state index in [0.717, 1.165) is 17.7 Å². The largest absolute Gasteiger partial charge is 0.483 e. The number of nitrogens with zero attached hydrogens (tertiary/aromatic N) is 1. The van der Waals surface area contributed by atoms with Crippen LogP contribution >= 0.6 is 0 Å². The van der Waals surface area contributed by atoms with Crippen LogP contribution in [-0.2, 0) is 9.59 Å². The van der Waals surface area contributed by atoms with E-state index in [9.17, 15) is 9.59 Å². The van der Waals surface area contributed by atoms with E-state index in [-0.39, 0.29) is 31.1 Å². The number of rotatable bonds is 7. The lowest BCUT2D eigenvalue weighted by molar-refractivity contribution is -0.136. The molecule has 1 atom stereocenters.